The van der Waals surface area contributed by atoms with Crippen LogP contribution < -0.4 is 5.32 Å². The minimum absolute atomic E-state index is 0.0885. The Morgan fingerprint density at radius 1 is 1.26 bits per heavy atom. The molecule has 4 heteroatoms. The Morgan fingerprint density at radius 2 is 1.95 bits per heavy atom. The van der Waals surface area contributed by atoms with Crippen molar-refractivity contribution >= 4 is 6.03 Å². The third-order valence-electron chi connectivity index (χ3n) is 3.46. The number of nitrogens with zero attached hydrogens (tertiary/aromatic N) is 2. The molecule has 104 valence electrons. The van der Waals surface area contributed by atoms with Crippen molar-refractivity contribution in [3.63, 3.8) is 0 Å². The van der Waals surface area contributed by atoms with E-state index in [1.54, 1.807) is 0 Å². The third kappa shape index (κ3) is 4.56. The summed E-state index contributed by atoms with van der Waals surface area (Å²) in [4.78, 5) is 15.9. The van der Waals surface area contributed by atoms with Crippen molar-refractivity contribution in [1.29, 1.82) is 0 Å². The predicted molar refractivity (Wildman–Crippen MR) is 77.0 cm³/mol. The van der Waals surface area contributed by atoms with Gasteiger partial charge in [-0.3, -0.25) is 0 Å². The molecule has 1 fully saturated rings. The van der Waals surface area contributed by atoms with Gasteiger partial charge >= 0.3 is 6.03 Å². The van der Waals surface area contributed by atoms with Crippen LogP contribution in [0.2, 0.25) is 0 Å². The Balaban J connectivity index is 1.63. The van der Waals surface area contributed by atoms with Crippen LogP contribution >= 0.6 is 0 Å². The van der Waals surface area contributed by atoms with Gasteiger partial charge in [0.15, 0.2) is 0 Å². The van der Waals surface area contributed by atoms with Gasteiger partial charge in [-0.2, -0.15) is 0 Å². The van der Waals surface area contributed by atoms with Gasteiger partial charge in [-0.1, -0.05) is 30.3 Å². The molecular weight excluding hydrogens is 238 g/mol. The second-order valence-electron chi connectivity index (χ2n) is 5.15. The van der Waals surface area contributed by atoms with E-state index in [1.165, 1.54) is 5.56 Å². The number of hydrogen-bond donors (Lipinski definition) is 1. The first-order valence-corrected chi connectivity index (χ1v) is 7.01. The first-order valence-electron chi connectivity index (χ1n) is 7.01. The second-order valence-corrected chi connectivity index (χ2v) is 5.15. The van der Waals surface area contributed by atoms with Crippen molar-refractivity contribution in [2.24, 2.45) is 0 Å². The quantitative estimate of drug-likeness (QED) is 0.879. The molecule has 0 saturated carbocycles. The summed E-state index contributed by atoms with van der Waals surface area (Å²) in [6.45, 7) is 4.31. The standard InChI is InChI=1S/C15H23N3O/c1-17(13-14-7-3-2-4-8-14)12-9-16-15(19)18-10-5-6-11-18/h2-4,7-8H,5-6,9-13H2,1H3,(H,16,19). The van der Waals surface area contributed by atoms with Crippen LogP contribution in [0.3, 0.4) is 0 Å². The topological polar surface area (TPSA) is 35.6 Å². The van der Waals surface area contributed by atoms with Crippen molar-refractivity contribution in [1.82, 2.24) is 15.1 Å². The first kappa shape index (κ1) is 13.9. The average Bonchev–Trinajstić information content (AvgIpc) is 2.93. The van der Waals surface area contributed by atoms with Gasteiger partial charge in [0.25, 0.3) is 0 Å². The molecule has 0 aromatic heterocycles. The molecule has 1 aromatic carbocycles. The minimum atomic E-state index is 0.0885. The number of carbonyl (C=O) groups excluding carboxylic acids is 1. The van der Waals surface area contributed by atoms with E-state index in [0.717, 1.165) is 39.0 Å². The molecule has 1 aromatic rings. The van der Waals surface area contributed by atoms with E-state index in [9.17, 15) is 4.79 Å². The molecule has 0 radical (unpaired) electrons. The third-order valence-corrected chi connectivity index (χ3v) is 3.46. The number of likely N-dealkylation sites (tertiary alicyclic amines) is 1. The van der Waals surface area contributed by atoms with Gasteiger partial charge in [0.2, 0.25) is 0 Å². The molecule has 1 aliphatic heterocycles. The van der Waals surface area contributed by atoms with Crippen LogP contribution in [0.4, 0.5) is 4.79 Å². The number of rotatable bonds is 5. The molecular formula is C15H23N3O. The Labute approximate surface area is 115 Å². The molecule has 0 aliphatic carbocycles. The average molecular weight is 261 g/mol. The van der Waals surface area contributed by atoms with Crippen LogP contribution in [0.25, 0.3) is 0 Å². The van der Waals surface area contributed by atoms with Crippen LogP contribution in [0.5, 0.6) is 0 Å². The van der Waals surface area contributed by atoms with Crippen LogP contribution in [-0.2, 0) is 6.54 Å². The lowest BCUT2D eigenvalue weighted by atomic mass is 10.2. The lowest BCUT2D eigenvalue weighted by Crippen LogP contribution is -2.41. The van der Waals surface area contributed by atoms with Crippen molar-refractivity contribution in [2.75, 3.05) is 33.2 Å². The fourth-order valence-electron chi connectivity index (χ4n) is 2.36. The molecule has 1 saturated heterocycles. The highest BCUT2D eigenvalue weighted by molar-refractivity contribution is 5.74. The maximum atomic E-state index is 11.8. The molecule has 19 heavy (non-hydrogen) atoms. The molecule has 0 spiro atoms. The van der Waals surface area contributed by atoms with E-state index in [1.807, 2.05) is 11.0 Å². The summed E-state index contributed by atoms with van der Waals surface area (Å²) in [7, 11) is 2.08. The molecule has 0 bridgehead atoms. The lowest BCUT2D eigenvalue weighted by molar-refractivity contribution is 0.206. The van der Waals surface area contributed by atoms with Crippen molar-refractivity contribution < 1.29 is 4.79 Å². The number of nitrogens with one attached hydrogen (secondary N) is 1. The summed E-state index contributed by atoms with van der Waals surface area (Å²) in [5.41, 5.74) is 1.30. The number of hydrogen-bond acceptors (Lipinski definition) is 2. The van der Waals surface area contributed by atoms with Crippen LogP contribution in [0.15, 0.2) is 30.3 Å². The zero-order chi connectivity index (χ0) is 13.5. The Bertz CT molecular complexity index is 388. The SMILES string of the molecule is CN(CCNC(=O)N1CCCC1)Cc1ccccc1. The van der Waals surface area contributed by atoms with Gasteiger partial charge in [0, 0.05) is 32.7 Å². The molecule has 0 atom stereocenters. The Morgan fingerprint density at radius 3 is 2.63 bits per heavy atom. The maximum absolute atomic E-state index is 11.8. The lowest BCUT2D eigenvalue weighted by Gasteiger charge is -2.19. The van der Waals surface area contributed by atoms with E-state index in [2.05, 4.69) is 41.5 Å². The summed E-state index contributed by atoms with van der Waals surface area (Å²) < 4.78 is 0. The second kappa shape index (κ2) is 7.14. The molecule has 1 heterocycles. The summed E-state index contributed by atoms with van der Waals surface area (Å²) in [6, 6.07) is 10.5. The fourth-order valence-corrected chi connectivity index (χ4v) is 2.36. The van der Waals surface area contributed by atoms with Crippen LogP contribution in [0, 0.1) is 0 Å². The van der Waals surface area contributed by atoms with Gasteiger partial charge in [-0.15, -0.1) is 0 Å². The fraction of sp³-hybridized carbons (Fsp3) is 0.533. The number of likely N-dealkylation sites (N-methyl/N-ethyl adjacent to an activating group) is 1. The maximum Gasteiger partial charge on any atom is 0.317 e. The zero-order valence-corrected chi connectivity index (χ0v) is 11.6. The van der Waals surface area contributed by atoms with E-state index >= 15 is 0 Å². The monoisotopic (exact) mass is 261 g/mol. The number of urea groups is 1. The minimum Gasteiger partial charge on any atom is -0.337 e. The predicted octanol–water partition coefficient (Wildman–Crippen LogP) is 1.92. The molecule has 2 rings (SSSR count). The van der Waals surface area contributed by atoms with E-state index < -0.39 is 0 Å². The van der Waals surface area contributed by atoms with Crippen molar-refractivity contribution in [3.05, 3.63) is 35.9 Å². The van der Waals surface area contributed by atoms with Crippen molar-refractivity contribution in [3.8, 4) is 0 Å². The molecule has 1 N–H and O–H groups in total. The Hall–Kier alpha value is -1.55. The first-order chi connectivity index (χ1) is 9.25. The van der Waals surface area contributed by atoms with Gasteiger partial charge in [0.05, 0.1) is 0 Å². The summed E-state index contributed by atoms with van der Waals surface area (Å²) in [5.74, 6) is 0. The van der Waals surface area contributed by atoms with E-state index in [0.29, 0.717) is 6.54 Å². The van der Waals surface area contributed by atoms with Crippen LogP contribution in [0.1, 0.15) is 18.4 Å². The molecule has 2 amide bonds. The van der Waals surface area contributed by atoms with Crippen molar-refractivity contribution in [2.45, 2.75) is 19.4 Å². The zero-order valence-electron chi connectivity index (χ0n) is 11.6. The molecule has 1 aliphatic rings. The van der Waals surface area contributed by atoms with Gasteiger partial charge in [-0.25, -0.2) is 4.79 Å². The van der Waals surface area contributed by atoms with Gasteiger partial charge in [0.1, 0.15) is 0 Å². The Kier molecular flexibility index (Phi) is 5.21. The molecule has 4 nitrogen and oxygen atoms in total. The van der Waals surface area contributed by atoms with Crippen LogP contribution in [-0.4, -0.2) is 49.1 Å². The highest BCUT2D eigenvalue weighted by Gasteiger charge is 2.16. The smallest absolute Gasteiger partial charge is 0.317 e. The van der Waals surface area contributed by atoms with Gasteiger partial charge < -0.3 is 15.1 Å². The number of amides is 2. The highest BCUT2D eigenvalue weighted by atomic mass is 16.2. The van der Waals surface area contributed by atoms with Gasteiger partial charge in [-0.05, 0) is 25.5 Å². The summed E-state index contributed by atoms with van der Waals surface area (Å²) in [5, 5.41) is 2.99. The summed E-state index contributed by atoms with van der Waals surface area (Å²) >= 11 is 0. The highest BCUT2D eigenvalue weighted by Crippen LogP contribution is 2.06. The number of carbonyl (C=O) groups is 1. The number of benzene rings is 1. The molecule has 0 unspecified atom stereocenters. The normalized spacial score (nSPS) is 14.9. The largest absolute Gasteiger partial charge is 0.337 e. The van der Waals surface area contributed by atoms with E-state index in [4.69, 9.17) is 0 Å². The van der Waals surface area contributed by atoms with E-state index in [-0.39, 0.29) is 6.03 Å². The summed E-state index contributed by atoms with van der Waals surface area (Å²) in [6.07, 6.45) is 2.28.